The van der Waals surface area contributed by atoms with E-state index >= 15 is 0 Å². The van der Waals surface area contributed by atoms with Gasteiger partial charge in [-0.1, -0.05) is 18.6 Å². The predicted octanol–water partition coefficient (Wildman–Crippen LogP) is 2.39. The summed E-state index contributed by atoms with van der Waals surface area (Å²) in [5.41, 5.74) is 3.31. The van der Waals surface area contributed by atoms with Crippen molar-refractivity contribution in [3.8, 4) is 0 Å². The third-order valence-corrected chi connectivity index (χ3v) is 3.13. The van der Waals surface area contributed by atoms with E-state index in [1.807, 2.05) is 6.92 Å². The molecular formula is C13H19N3O. The third kappa shape index (κ3) is 2.64. The average molecular weight is 233 g/mol. The molecule has 92 valence electrons. The Morgan fingerprint density at radius 1 is 1.35 bits per heavy atom. The zero-order chi connectivity index (χ0) is 12.3. The van der Waals surface area contributed by atoms with E-state index in [1.165, 1.54) is 5.57 Å². The van der Waals surface area contributed by atoms with E-state index in [0.717, 1.165) is 30.5 Å². The molecule has 2 rings (SSSR count). The van der Waals surface area contributed by atoms with Gasteiger partial charge < -0.3 is 5.11 Å². The molecule has 1 heterocycles. The Bertz CT molecular complexity index is 432. The highest BCUT2D eigenvalue weighted by molar-refractivity contribution is 5.56. The fraction of sp³-hybridized carbons (Fsp3) is 0.538. The summed E-state index contributed by atoms with van der Waals surface area (Å²) in [6, 6.07) is 0. The Labute approximate surface area is 102 Å². The van der Waals surface area contributed by atoms with Crippen molar-refractivity contribution in [2.45, 2.75) is 45.6 Å². The van der Waals surface area contributed by atoms with Crippen molar-refractivity contribution in [2.75, 3.05) is 0 Å². The van der Waals surface area contributed by atoms with E-state index in [9.17, 15) is 5.11 Å². The van der Waals surface area contributed by atoms with E-state index < -0.39 is 6.10 Å². The normalized spacial score (nSPS) is 18.9. The molecule has 4 heteroatoms. The summed E-state index contributed by atoms with van der Waals surface area (Å²) in [4.78, 5) is 1.64. The number of aliphatic hydroxyl groups is 1. The summed E-state index contributed by atoms with van der Waals surface area (Å²) in [6.45, 7) is 4.10. The Morgan fingerprint density at radius 3 is 2.71 bits per heavy atom. The monoisotopic (exact) mass is 233 g/mol. The fourth-order valence-corrected chi connectivity index (χ4v) is 2.18. The minimum atomic E-state index is -0.427. The van der Waals surface area contributed by atoms with Crippen molar-refractivity contribution in [3.05, 3.63) is 29.6 Å². The smallest absolute Gasteiger partial charge is 0.0805 e. The molecule has 0 saturated carbocycles. The first-order valence-electron chi connectivity index (χ1n) is 6.17. The molecule has 1 aliphatic rings. The van der Waals surface area contributed by atoms with Gasteiger partial charge in [-0.25, -0.2) is 0 Å². The van der Waals surface area contributed by atoms with E-state index in [0.29, 0.717) is 6.42 Å². The van der Waals surface area contributed by atoms with Gasteiger partial charge in [0.15, 0.2) is 0 Å². The number of nitrogens with zero attached hydrogens (tertiary/aromatic N) is 3. The van der Waals surface area contributed by atoms with Gasteiger partial charge in [0.25, 0.3) is 0 Å². The quantitative estimate of drug-likeness (QED) is 0.872. The summed E-state index contributed by atoms with van der Waals surface area (Å²) in [6.07, 6.45) is 8.79. The lowest BCUT2D eigenvalue weighted by molar-refractivity contribution is 0.210. The molecule has 1 unspecified atom stereocenters. The van der Waals surface area contributed by atoms with Crippen LogP contribution in [0.15, 0.2) is 29.6 Å². The summed E-state index contributed by atoms with van der Waals surface area (Å²) < 4.78 is 0. The van der Waals surface area contributed by atoms with Crippen LogP contribution in [0.1, 0.15) is 39.5 Å². The van der Waals surface area contributed by atoms with Crippen molar-refractivity contribution in [3.63, 3.8) is 0 Å². The van der Waals surface area contributed by atoms with Gasteiger partial charge >= 0.3 is 0 Å². The maximum atomic E-state index is 10.1. The first-order valence-corrected chi connectivity index (χ1v) is 6.17. The van der Waals surface area contributed by atoms with Gasteiger partial charge in [-0.15, -0.1) is 0 Å². The zero-order valence-corrected chi connectivity index (χ0v) is 10.4. The van der Waals surface area contributed by atoms with Gasteiger partial charge in [0, 0.05) is 5.57 Å². The van der Waals surface area contributed by atoms with Gasteiger partial charge in [0.1, 0.15) is 0 Å². The van der Waals surface area contributed by atoms with E-state index in [1.54, 1.807) is 17.2 Å². The van der Waals surface area contributed by atoms with Crippen LogP contribution >= 0.6 is 0 Å². The molecule has 0 fully saturated rings. The molecule has 0 aromatic carbocycles. The number of aromatic nitrogens is 3. The van der Waals surface area contributed by atoms with Crippen molar-refractivity contribution < 1.29 is 5.11 Å². The highest BCUT2D eigenvalue weighted by Gasteiger charge is 2.18. The third-order valence-electron chi connectivity index (χ3n) is 3.13. The molecule has 0 saturated heterocycles. The molecule has 0 aliphatic heterocycles. The molecule has 1 aromatic rings. The summed E-state index contributed by atoms with van der Waals surface area (Å²) in [5.74, 6) is 0. The maximum Gasteiger partial charge on any atom is 0.0805 e. The molecule has 1 N–H and O–H groups in total. The van der Waals surface area contributed by atoms with E-state index in [4.69, 9.17) is 0 Å². The van der Waals surface area contributed by atoms with Crippen molar-refractivity contribution in [1.82, 2.24) is 15.0 Å². The molecule has 1 aromatic heterocycles. The number of allylic oxidation sites excluding steroid dienone is 2. The SMILES string of the molecule is CCC(O)C1=C(n2nccn2)CCCC(C)=C1. The van der Waals surface area contributed by atoms with Crippen LogP contribution in [0.2, 0.25) is 0 Å². The topological polar surface area (TPSA) is 50.9 Å². The minimum Gasteiger partial charge on any atom is -0.388 e. The number of hydrogen-bond donors (Lipinski definition) is 1. The molecule has 0 bridgehead atoms. The molecule has 0 amide bonds. The molecule has 17 heavy (non-hydrogen) atoms. The highest BCUT2D eigenvalue weighted by Crippen LogP contribution is 2.27. The Kier molecular flexibility index (Phi) is 3.74. The van der Waals surface area contributed by atoms with Gasteiger partial charge in [0.05, 0.1) is 24.2 Å². The fourth-order valence-electron chi connectivity index (χ4n) is 2.18. The molecule has 4 nitrogen and oxygen atoms in total. The Morgan fingerprint density at radius 2 is 2.06 bits per heavy atom. The summed E-state index contributed by atoms with van der Waals surface area (Å²) in [7, 11) is 0. The van der Waals surface area contributed by atoms with Crippen molar-refractivity contribution in [2.24, 2.45) is 0 Å². The van der Waals surface area contributed by atoms with Crippen LogP contribution in [-0.2, 0) is 0 Å². The van der Waals surface area contributed by atoms with Crippen LogP contribution in [0.25, 0.3) is 5.70 Å². The molecule has 1 atom stereocenters. The number of rotatable bonds is 3. The molecule has 0 radical (unpaired) electrons. The second-order valence-corrected chi connectivity index (χ2v) is 4.49. The Hall–Kier alpha value is -1.42. The van der Waals surface area contributed by atoms with Crippen molar-refractivity contribution in [1.29, 1.82) is 0 Å². The largest absolute Gasteiger partial charge is 0.388 e. The number of aliphatic hydroxyl groups excluding tert-OH is 1. The van der Waals surface area contributed by atoms with E-state index in [2.05, 4.69) is 23.2 Å². The molecular weight excluding hydrogens is 214 g/mol. The van der Waals surface area contributed by atoms with Crippen LogP contribution < -0.4 is 0 Å². The van der Waals surface area contributed by atoms with Crippen LogP contribution in [0.4, 0.5) is 0 Å². The van der Waals surface area contributed by atoms with E-state index in [-0.39, 0.29) is 0 Å². The predicted molar refractivity (Wildman–Crippen MR) is 67.1 cm³/mol. The van der Waals surface area contributed by atoms with Crippen LogP contribution in [0.3, 0.4) is 0 Å². The second-order valence-electron chi connectivity index (χ2n) is 4.49. The lowest BCUT2D eigenvalue weighted by atomic mass is 10.0. The van der Waals surface area contributed by atoms with Gasteiger partial charge in [-0.3, -0.25) is 0 Å². The maximum absolute atomic E-state index is 10.1. The Balaban J connectivity index is 2.46. The summed E-state index contributed by atoms with van der Waals surface area (Å²) >= 11 is 0. The standard InChI is InChI=1S/C13H19N3O/c1-3-13(17)11-9-10(2)5-4-6-12(11)16-14-7-8-15-16/h7-9,13,17H,3-6H2,1-2H3. The zero-order valence-electron chi connectivity index (χ0n) is 10.4. The van der Waals surface area contributed by atoms with Crippen LogP contribution in [0.5, 0.6) is 0 Å². The van der Waals surface area contributed by atoms with Crippen molar-refractivity contribution >= 4 is 5.70 Å². The first kappa shape index (κ1) is 12.0. The van der Waals surface area contributed by atoms with Crippen LogP contribution in [-0.4, -0.2) is 26.2 Å². The van der Waals surface area contributed by atoms with Gasteiger partial charge in [0.2, 0.25) is 0 Å². The second kappa shape index (κ2) is 5.27. The highest BCUT2D eigenvalue weighted by atomic mass is 16.3. The minimum absolute atomic E-state index is 0.427. The van der Waals surface area contributed by atoms with Gasteiger partial charge in [-0.05, 0) is 32.6 Å². The first-order chi connectivity index (χ1) is 8.22. The van der Waals surface area contributed by atoms with Gasteiger partial charge in [-0.2, -0.15) is 15.0 Å². The lowest BCUT2D eigenvalue weighted by Gasteiger charge is -2.14. The molecule has 1 aliphatic carbocycles. The number of hydrogen-bond acceptors (Lipinski definition) is 3. The average Bonchev–Trinajstić information content (AvgIpc) is 2.78. The molecule has 0 spiro atoms. The summed E-state index contributed by atoms with van der Waals surface area (Å²) in [5, 5.41) is 18.5. The lowest BCUT2D eigenvalue weighted by Crippen LogP contribution is -2.13. The van der Waals surface area contributed by atoms with Crippen LogP contribution in [0, 0.1) is 0 Å².